The molecule has 0 N–H and O–H groups in total. The molecule has 2 unspecified atom stereocenters. The van der Waals surface area contributed by atoms with E-state index in [1.54, 1.807) is 0 Å². The van der Waals surface area contributed by atoms with Crippen LogP contribution in [0.3, 0.4) is 0 Å². The molecule has 1 aliphatic heterocycles. The molecule has 1 saturated heterocycles. The number of hydrogen-bond acceptors (Lipinski definition) is 3. The van der Waals surface area contributed by atoms with Crippen LogP contribution in [0.2, 0.25) is 0 Å². The van der Waals surface area contributed by atoms with Gasteiger partial charge in [-0.2, -0.15) is 0 Å². The summed E-state index contributed by atoms with van der Waals surface area (Å²) in [6.07, 6.45) is 0.798. The summed E-state index contributed by atoms with van der Waals surface area (Å²) in [5.41, 5.74) is 0. The molecule has 0 aromatic carbocycles. The first-order chi connectivity index (χ1) is 4.20. The lowest BCUT2D eigenvalue weighted by Gasteiger charge is -2.12. The quantitative estimate of drug-likeness (QED) is 0.474. The lowest BCUT2D eigenvalue weighted by atomic mass is 10.4. The Morgan fingerprint density at radius 1 is 1.78 bits per heavy atom. The largest absolute Gasteiger partial charge is 0.772 e. The molecule has 4 heteroatoms. The van der Waals surface area contributed by atoms with E-state index in [4.69, 9.17) is 0 Å². The van der Waals surface area contributed by atoms with Crippen LogP contribution in [0, 0.1) is 0 Å². The van der Waals surface area contributed by atoms with Gasteiger partial charge in [0.1, 0.15) is 0 Å². The van der Waals surface area contributed by atoms with Crippen molar-refractivity contribution in [2.45, 2.75) is 11.7 Å². The van der Waals surface area contributed by atoms with E-state index in [1.807, 2.05) is 11.9 Å². The second kappa shape index (κ2) is 2.77. The van der Waals surface area contributed by atoms with E-state index in [9.17, 15) is 8.76 Å². The fourth-order valence-corrected chi connectivity index (χ4v) is 1.73. The first-order valence-electron chi connectivity index (χ1n) is 2.97. The van der Waals surface area contributed by atoms with Gasteiger partial charge in [-0.15, -0.1) is 0 Å². The summed E-state index contributed by atoms with van der Waals surface area (Å²) in [5, 5.41) is -0.116. The van der Waals surface area contributed by atoms with Crippen molar-refractivity contribution in [3.8, 4) is 0 Å². The molecule has 1 rings (SSSR count). The highest BCUT2D eigenvalue weighted by Crippen LogP contribution is 2.10. The maximum absolute atomic E-state index is 10.3. The SMILES string of the molecule is CN1CCC(S(=O)[O-])C1. The summed E-state index contributed by atoms with van der Waals surface area (Å²) in [5.74, 6) is 0. The van der Waals surface area contributed by atoms with Gasteiger partial charge in [0.05, 0.1) is 0 Å². The van der Waals surface area contributed by atoms with Crippen LogP contribution in [-0.2, 0) is 11.1 Å². The highest BCUT2D eigenvalue weighted by molar-refractivity contribution is 7.79. The lowest BCUT2D eigenvalue weighted by molar-refractivity contribution is 0.416. The number of nitrogens with zero attached hydrogens (tertiary/aromatic N) is 1. The van der Waals surface area contributed by atoms with Crippen LogP contribution in [0.15, 0.2) is 0 Å². The molecule has 1 heterocycles. The molecule has 0 amide bonds. The number of rotatable bonds is 1. The van der Waals surface area contributed by atoms with Crippen molar-refractivity contribution in [2.75, 3.05) is 20.1 Å². The third-order valence-electron chi connectivity index (χ3n) is 1.62. The Morgan fingerprint density at radius 2 is 2.44 bits per heavy atom. The lowest BCUT2D eigenvalue weighted by Crippen LogP contribution is -2.19. The smallest absolute Gasteiger partial charge is 0.0355 e. The van der Waals surface area contributed by atoms with Gasteiger partial charge in [0, 0.05) is 11.8 Å². The standard InChI is InChI=1S/C5H11NO2S/c1-6-3-2-5(4-6)9(7)8/h5H,2-4H2,1H3,(H,7,8)/p-1. The molecule has 9 heavy (non-hydrogen) atoms. The first-order valence-corrected chi connectivity index (χ1v) is 4.10. The molecular weight excluding hydrogens is 138 g/mol. The molecule has 2 atom stereocenters. The van der Waals surface area contributed by atoms with Crippen molar-refractivity contribution < 1.29 is 8.76 Å². The van der Waals surface area contributed by atoms with E-state index in [-0.39, 0.29) is 5.25 Å². The Balaban J connectivity index is 2.39. The fraction of sp³-hybridized carbons (Fsp3) is 1.00. The minimum Gasteiger partial charge on any atom is -0.772 e. The highest BCUT2D eigenvalue weighted by atomic mass is 32.2. The average Bonchev–Trinajstić information content (AvgIpc) is 2.14. The molecular formula is C5H10NO2S-. The molecule has 3 nitrogen and oxygen atoms in total. The minimum absolute atomic E-state index is 0.116. The van der Waals surface area contributed by atoms with Gasteiger partial charge in [-0.25, -0.2) is 0 Å². The summed E-state index contributed by atoms with van der Waals surface area (Å²) in [4.78, 5) is 2.03. The maximum Gasteiger partial charge on any atom is 0.0355 e. The molecule has 1 aliphatic rings. The van der Waals surface area contributed by atoms with Crippen molar-refractivity contribution in [3.05, 3.63) is 0 Å². The van der Waals surface area contributed by atoms with Crippen LogP contribution in [0.4, 0.5) is 0 Å². The van der Waals surface area contributed by atoms with Gasteiger partial charge < -0.3 is 9.45 Å². The zero-order chi connectivity index (χ0) is 6.85. The van der Waals surface area contributed by atoms with Gasteiger partial charge in [-0.3, -0.25) is 4.21 Å². The van der Waals surface area contributed by atoms with Crippen LogP contribution < -0.4 is 0 Å². The van der Waals surface area contributed by atoms with Crippen molar-refractivity contribution in [1.29, 1.82) is 0 Å². The summed E-state index contributed by atoms with van der Waals surface area (Å²) < 4.78 is 20.6. The van der Waals surface area contributed by atoms with E-state index >= 15 is 0 Å². The Labute approximate surface area is 57.3 Å². The fourth-order valence-electron chi connectivity index (χ4n) is 1.05. The van der Waals surface area contributed by atoms with Crippen LogP contribution in [0.5, 0.6) is 0 Å². The topological polar surface area (TPSA) is 43.4 Å². The third kappa shape index (κ3) is 1.74. The van der Waals surface area contributed by atoms with Gasteiger partial charge in [0.2, 0.25) is 0 Å². The predicted octanol–water partition coefficient (Wildman–Crippen LogP) is -0.430. The second-order valence-corrected chi connectivity index (χ2v) is 3.62. The second-order valence-electron chi connectivity index (χ2n) is 2.43. The summed E-state index contributed by atoms with van der Waals surface area (Å²) in [7, 11) is 1.94. The zero-order valence-corrected chi connectivity index (χ0v) is 6.19. The van der Waals surface area contributed by atoms with Crippen LogP contribution in [0.1, 0.15) is 6.42 Å². The number of hydrogen-bond donors (Lipinski definition) is 0. The summed E-state index contributed by atoms with van der Waals surface area (Å²) in [6, 6.07) is 0. The maximum atomic E-state index is 10.3. The molecule has 0 bridgehead atoms. The van der Waals surface area contributed by atoms with E-state index in [2.05, 4.69) is 0 Å². The van der Waals surface area contributed by atoms with Crippen molar-refractivity contribution >= 4 is 11.1 Å². The van der Waals surface area contributed by atoms with Gasteiger partial charge in [-0.1, -0.05) is 11.1 Å². The molecule has 0 aromatic rings. The Morgan fingerprint density at radius 3 is 2.67 bits per heavy atom. The Hall–Kier alpha value is 0.0700. The van der Waals surface area contributed by atoms with E-state index < -0.39 is 11.1 Å². The molecule has 1 fully saturated rings. The molecule has 0 radical (unpaired) electrons. The van der Waals surface area contributed by atoms with E-state index in [0.717, 1.165) is 13.0 Å². The van der Waals surface area contributed by atoms with Gasteiger partial charge in [0.15, 0.2) is 0 Å². The minimum atomic E-state index is -1.85. The van der Waals surface area contributed by atoms with Crippen LogP contribution in [0.25, 0.3) is 0 Å². The molecule has 0 aliphatic carbocycles. The highest BCUT2D eigenvalue weighted by Gasteiger charge is 2.19. The van der Waals surface area contributed by atoms with Crippen molar-refractivity contribution in [1.82, 2.24) is 4.90 Å². The van der Waals surface area contributed by atoms with Crippen LogP contribution >= 0.6 is 0 Å². The van der Waals surface area contributed by atoms with Gasteiger partial charge in [0.25, 0.3) is 0 Å². The Bertz CT molecular complexity index is 128. The summed E-state index contributed by atoms with van der Waals surface area (Å²) >= 11 is -1.85. The average molecular weight is 148 g/mol. The predicted molar refractivity (Wildman–Crippen MR) is 34.8 cm³/mol. The monoisotopic (exact) mass is 148 g/mol. The molecule has 0 saturated carbocycles. The van der Waals surface area contributed by atoms with Crippen molar-refractivity contribution in [3.63, 3.8) is 0 Å². The molecule has 0 aromatic heterocycles. The van der Waals surface area contributed by atoms with Gasteiger partial charge >= 0.3 is 0 Å². The normalized spacial score (nSPS) is 32.9. The van der Waals surface area contributed by atoms with Crippen molar-refractivity contribution in [2.24, 2.45) is 0 Å². The zero-order valence-electron chi connectivity index (χ0n) is 5.37. The Kier molecular flexibility index (Phi) is 2.21. The van der Waals surface area contributed by atoms with Crippen LogP contribution in [-0.4, -0.2) is 39.0 Å². The first kappa shape index (κ1) is 7.18. The van der Waals surface area contributed by atoms with Gasteiger partial charge in [-0.05, 0) is 20.0 Å². The number of likely N-dealkylation sites (tertiary alicyclic amines) is 1. The third-order valence-corrected chi connectivity index (χ3v) is 2.55. The summed E-state index contributed by atoms with van der Waals surface area (Å²) in [6.45, 7) is 1.62. The molecule has 54 valence electrons. The van der Waals surface area contributed by atoms with E-state index in [0.29, 0.717) is 6.54 Å². The van der Waals surface area contributed by atoms with E-state index in [1.165, 1.54) is 0 Å². The molecule has 0 spiro atoms.